The number of aliphatic imine (C=N–C) groups is 1. The van der Waals surface area contributed by atoms with Crippen LogP contribution in [0.3, 0.4) is 0 Å². The number of rotatable bonds is 6. The number of unbranched alkanes of at least 4 members (excludes halogenated alkanes) is 1. The number of nitrogens with one attached hydrogen (secondary N) is 2. The molecule has 0 saturated carbocycles. The first-order valence-electron chi connectivity index (χ1n) is 7.02. The summed E-state index contributed by atoms with van der Waals surface area (Å²) in [5.41, 5.74) is -0.689. The Balaban J connectivity index is 2.42. The van der Waals surface area contributed by atoms with Crippen molar-refractivity contribution in [1.29, 1.82) is 0 Å². The summed E-state index contributed by atoms with van der Waals surface area (Å²) in [6, 6.07) is 0. The van der Waals surface area contributed by atoms with Crippen molar-refractivity contribution in [2.24, 2.45) is 4.99 Å². The molecule has 0 aromatic carbocycles. The summed E-state index contributed by atoms with van der Waals surface area (Å²) in [6.07, 6.45) is 3.63. The van der Waals surface area contributed by atoms with Gasteiger partial charge in [-0.3, -0.25) is 4.99 Å². The number of ether oxygens (including phenoxy) is 1. The summed E-state index contributed by atoms with van der Waals surface area (Å²) in [5.74, 6) is 0.797. The van der Waals surface area contributed by atoms with E-state index >= 15 is 0 Å². The van der Waals surface area contributed by atoms with Crippen LogP contribution in [0.15, 0.2) is 4.99 Å². The van der Waals surface area contributed by atoms with E-state index in [1.54, 1.807) is 0 Å². The topological polar surface area (TPSA) is 65.9 Å². The Labute approximate surface area is 110 Å². The Morgan fingerprint density at radius 2 is 2.00 bits per heavy atom. The average molecular weight is 257 g/mol. The maximum Gasteiger partial charge on any atom is 0.191 e. The first kappa shape index (κ1) is 15.2. The summed E-state index contributed by atoms with van der Waals surface area (Å²) in [7, 11) is 0. The standard InChI is InChI=1S/C13H27N3O2/c1-3-5-8-15-12(14-4-2)16-11-13(17)6-9-18-10-7-13/h17H,3-11H2,1-2H3,(H2,14,15,16). The van der Waals surface area contributed by atoms with Crippen molar-refractivity contribution in [3.8, 4) is 0 Å². The fourth-order valence-electron chi connectivity index (χ4n) is 1.86. The van der Waals surface area contributed by atoms with Crippen LogP contribution in [0.4, 0.5) is 0 Å². The fraction of sp³-hybridized carbons (Fsp3) is 0.923. The highest BCUT2D eigenvalue weighted by atomic mass is 16.5. The number of hydrogen-bond donors (Lipinski definition) is 3. The van der Waals surface area contributed by atoms with Crippen LogP contribution in [0.2, 0.25) is 0 Å². The Morgan fingerprint density at radius 3 is 2.61 bits per heavy atom. The molecule has 18 heavy (non-hydrogen) atoms. The van der Waals surface area contributed by atoms with Gasteiger partial charge >= 0.3 is 0 Å². The van der Waals surface area contributed by atoms with Gasteiger partial charge in [-0.15, -0.1) is 0 Å². The van der Waals surface area contributed by atoms with Gasteiger partial charge in [0.05, 0.1) is 12.1 Å². The lowest BCUT2D eigenvalue weighted by Crippen LogP contribution is -2.42. The van der Waals surface area contributed by atoms with Crippen molar-refractivity contribution < 1.29 is 9.84 Å². The Bertz CT molecular complexity index is 251. The van der Waals surface area contributed by atoms with Gasteiger partial charge in [0.1, 0.15) is 0 Å². The van der Waals surface area contributed by atoms with E-state index in [0.29, 0.717) is 32.6 Å². The van der Waals surface area contributed by atoms with Gasteiger partial charge in [0.25, 0.3) is 0 Å². The normalized spacial score (nSPS) is 19.6. The quantitative estimate of drug-likeness (QED) is 0.375. The van der Waals surface area contributed by atoms with Crippen molar-refractivity contribution in [2.45, 2.75) is 45.1 Å². The largest absolute Gasteiger partial charge is 0.388 e. The molecule has 1 rings (SSSR count). The van der Waals surface area contributed by atoms with Crippen LogP contribution < -0.4 is 10.6 Å². The third-order valence-electron chi connectivity index (χ3n) is 3.12. The molecule has 0 amide bonds. The zero-order valence-corrected chi connectivity index (χ0v) is 11.7. The molecule has 0 bridgehead atoms. The first-order valence-corrected chi connectivity index (χ1v) is 7.02. The number of aliphatic hydroxyl groups is 1. The second-order valence-electron chi connectivity index (χ2n) is 4.81. The van der Waals surface area contributed by atoms with Crippen molar-refractivity contribution in [1.82, 2.24) is 10.6 Å². The van der Waals surface area contributed by atoms with Gasteiger partial charge in [0, 0.05) is 39.1 Å². The number of hydrogen-bond acceptors (Lipinski definition) is 3. The van der Waals surface area contributed by atoms with Crippen molar-refractivity contribution in [2.75, 3.05) is 32.8 Å². The van der Waals surface area contributed by atoms with Gasteiger partial charge in [-0.05, 0) is 13.3 Å². The second-order valence-corrected chi connectivity index (χ2v) is 4.81. The molecule has 1 fully saturated rings. The molecule has 0 atom stereocenters. The zero-order chi connectivity index (χ0) is 13.3. The Hall–Kier alpha value is -0.810. The molecule has 0 radical (unpaired) electrons. The fourth-order valence-corrected chi connectivity index (χ4v) is 1.86. The molecule has 1 heterocycles. The molecule has 0 aliphatic carbocycles. The van der Waals surface area contributed by atoms with Crippen LogP contribution in [0, 0.1) is 0 Å². The van der Waals surface area contributed by atoms with Crippen LogP contribution in [0.25, 0.3) is 0 Å². The van der Waals surface area contributed by atoms with E-state index < -0.39 is 5.60 Å². The van der Waals surface area contributed by atoms with E-state index in [9.17, 15) is 5.11 Å². The van der Waals surface area contributed by atoms with Crippen LogP contribution in [-0.4, -0.2) is 49.5 Å². The molecule has 1 aliphatic heterocycles. The van der Waals surface area contributed by atoms with Crippen molar-refractivity contribution in [3.63, 3.8) is 0 Å². The maximum atomic E-state index is 10.3. The third-order valence-corrected chi connectivity index (χ3v) is 3.12. The van der Waals surface area contributed by atoms with Crippen molar-refractivity contribution in [3.05, 3.63) is 0 Å². The van der Waals surface area contributed by atoms with E-state index in [1.165, 1.54) is 0 Å². The minimum absolute atomic E-state index is 0.442. The molecular formula is C13H27N3O2. The molecule has 0 unspecified atom stereocenters. The molecule has 0 aromatic rings. The van der Waals surface area contributed by atoms with Crippen LogP contribution in [-0.2, 0) is 4.74 Å². The van der Waals surface area contributed by atoms with Gasteiger partial charge in [0.2, 0.25) is 0 Å². The summed E-state index contributed by atoms with van der Waals surface area (Å²) in [5, 5.41) is 16.8. The highest BCUT2D eigenvalue weighted by Crippen LogP contribution is 2.20. The number of guanidine groups is 1. The summed E-state index contributed by atoms with van der Waals surface area (Å²) in [6.45, 7) is 7.66. The molecule has 5 nitrogen and oxygen atoms in total. The van der Waals surface area contributed by atoms with E-state index in [4.69, 9.17) is 4.74 Å². The van der Waals surface area contributed by atoms with E-state index in [-0.39, 0.29) is 0 Å². The molecular weight excluding hydrogens is 230 g/mol. The summed E-state index contributed by atoms with van der Waals surface area (Å²) in [4.78, 5) is 4.47. The lowest BCUT2D eigenvalue weighted by molar-refractivity contribution is -0.0565. The van der Waals surface area contributed by atoms with Gasteiger partial charge in [0.15, 0.2) is 5.96 Å². The zero-order valence-electron chi connectivity index (χ0n) is 11.7. The highest BCUT2D eigenvalue weighted by Gasteiger charge is 2.29. The lowest BCUT2D eigenvalue weighted by Gasteiger charge is -2.30. The molecule has 0 aromatic heterocycles. The van der Waals surface area contributed by atoms with Crippen LogP contribution in [0.5, 0.6) is 0 Å². The molecule has 5 heteroatoms. The smallest absolute Gasteiger partial charge is 0.191 e. The van der Waals surface area contributed by atoms with Gasteiger partial charge in [-0.25, -0.2) is 0 Å². The molecule has 1 aliphatic rings. The average Bonchev–Trinajstić information content (AvgIpc) is 2.37. The van der Waals surface area contributed by atoms with Gasteiger partial charge < -0.3 is 20.5 Å². The van der Waals surface area contributed by atoms with E-state index in [2.05, 4.69) is 22.5 Å². The summed E-state index contributed by atoms with van der Waals surface area (Å²) < 4.78 is 5.26. The Morgan fingerprint density at radius 1 is 1.28 bits per heavy atom. The highest BCUT2D eigenvalue weighted by molar-refractivity contribution is 5.79. The lowest BCUT2D eigenvalue weighted by atomic mass is 9.95. The third kappa shape index (κ3) is 5.69. The predicted molar refractivity (Wildman–Crippen MR) is 73.9 cm³/mol. The first-order chi connectivity index (χ1) is 8.70. The van der Waals surface area contributed by atoms with Crippen molar-refractivity contribution >= 4 is 5.96 Å². The molecule has 106 valence electrons. The second kappa shape index (κ2) is 8.32. The summed E-state index contributed by atoms with van der Waals surface area (Å²) >= 11 is 0. The monoisotopic (exact) mass is 257 g/mol. The molecule has 0 spiro atoms. The minimum atomic E-state index is -0.689. The van der Waals surface area contributed by atoms with Gasteiger partial charge in [-0.1, -0.05) is 13.3 Å². The predicted octanol–water partition coefficient (Wildman–Crippen LogP) is 0.883. The minimum Gasteiger partial charge on any atom is -0.388 e. The van der Waals surface area contributed by atoms with Crippen LogP contribution >= 0.6 is 0 Å². The van der Waals surface area contributed by atoms with Gasteiger partial charge in [-0.2, -0.15) is 0 Å². The molecule has 3 N–H and O–H groups in total. The Kier molecular flexibility index (Phi) is 7.05. The van der Waals surface area contributed by atoms with E-state index in [1.807, 2.05) is 6.92 Å². The SMILES string of the molecule is CCCCNC(=NCC1(O)CCOCC1)NCC. The molecule has 1 saturated heterocycles. The number of nitrogens with zero attached hydrogens (tertiary/aromatic N) is 1. The maximum absolute atomic E-state index is 10.3. The van der Waals surface area contributed by atoms with Crippen LogP contribution in [0.1, 0.15) is 39.5 Å². The van der Waals surface area contributed by atoms with E-state index in [0.717, 1.165) is 31.9 Å².